The maximum atomic E-state index is 6.07. The van der Waals surface area contributed by atoms with Crippen LogP contribution in [-0.4, -0.2) is 31.2 Å². The van der Waals surface area contributed by atoms with Gasteiger partial charge in [0.05, 0.1) is 18.2 Å². The van der Waals surface area contributed by atoms with Crippen molar-refractivity contribution in [2.24, 2.45) is 5.41 Å². The van der Waals surface area contributed by atoms with Gasteiger partial charge in [-0.15, -0.1) is 0 Å². The average molecular weight is 303 g/mol. The summed E-state index contributed by atoms with van der Waals surface area (Å²) in [6.07, 6.45) is 0. The fourth-order valence-electron chi connectivity index (χ4n) is 2.48. The highest BCUT2D eigenvalue weighted by Gasteiger charge is 2.48. The Morgan fingerprint density at radius 1 is 1.38 bits per heavy atom. The van der Waals surface area contributed by atoms with E-state index in [0.717, 1.165) is 29.3 Å². The quantitative estimate of drug-likeness (QED) is 0.833. The van der Waals surface area contributed by atoms with Gasteiger partial charge in [0.25, 0.3) is 0 Å². The molecule has 1 aromatic carbocycles. The Morgan fingerprint density at radius 3 is 2.69 bits per heavy atom. The summed E-state index contributed by atoms with van der Waals surface area (Å²) in [6.45, 7) is 5.23. The van der Waals surface area contributed by atoms with Gasteiger partial charge < -0.3 is 4.74 Å². The van der Waals surface area contributed by atoms with Crippen LogP contribution in [0.15, 0.2) is 22.7 Å². The first-order valence-electron chi connectivity index (χ1n) is 5.41. The Hall–Kier alpha value is -0.0900. The van der Waals surface area contributed by atoms with Crippen LogP contribution in [0.4, 0.5) is 0 Å². The van der Waals surface area contributed by atoms with Crippen LogP contribution in [0, 0.1) is 5.41 Å². The minimum absolute atomic E-state index is 0.499. The molecule has 2 aliphatic rings. The zero-order chi connectivity index (χ0) is 11.2. The molecule has 1 spiro atoms. The summed E-state index contributed by atoms with van der Waals surface area (Å²) in [5.74, 6) is 0. The highest BCUT2D eigenvalue weighted by molar-refractivity contribution is 9.10. The fraction of sp³-hybridized carbons (Fsp3) is 0.500. The van der Waals surface area contributed by atoms with E-state index >= 15 is 0 Å². The molecule has 2 fully saturated rings. The second-order valence-corrected chi connectivity index (χ2v) is 6.15. The van der Waals surface area contributed by atoms with E-state index in [-0.39, 0.29) is 0 Å². The van der Waals surface area contributed by atoms with Crippen molar-refractivity contribution in [2.45, 2.75) is 6.54 Å². The molecule has 0 aromatic heterocycles. The Kier molecular flexibility index (Phi) is 2.75. The average Bonchev–Trinajstić information content (AvgIpc) is 2.13. The van der Waals surface area contributed by atoms with Crippen LogP contribution in [0.2, 0.25) is 5.02 Å². The molecule has 2 saturated heterocycles. The number of hydrogen-bond donors (Lipinski definition) is 0. The maximum Gasteiger partial charge on any atom is 0.0569 e. The molecule has 86 valence electrons. The predicted molar refractivity (Wildman–Crippen MR) is 67.7 cm³/mol. The van der Waals surface area contributed by atoms with E-state index in [0.29, 0.717) is 5.41 Å². The molecular formula is C12H13BrClNO. The number of nitrogens with zero attached hydrogens (tertiary/aromatic N) is 1. The summed E-state index contributed by atoms with van der Waals surface area (Å²) in [4.78, 5) is 2.45. The van der Waals surface area contributed by atoms with Gasteiger partial charge in [0.2, 0.25) is 0 Å². The third-order valence-electron chi connectivity index (χ3n) is 3.32. The van der Waals surface area contributed by atoms with E-state index in [1.807, 2.05) is 12.1 Å². The highest BCUT2D eigenvalue weighted by atomic mass is 79.9. The molecule has 0 saturated carbocycles. The first-order valence-corrected chi connectivity index (χ1v) is 6.58. The predicted octanol–water partition coefficient (Wildman–Crippen LogP) is 2.93. The van der Waals surface area contributed by atoms with Crippen molar-refractivity contribution in [2.75, 3.05) is 26.3 Å². The van der Waals surface area contributed by atoms with Crippen LogP contribution in [0.1, 0.15) is 5.56 Å². The van der Waals surface area contributed by atoms with E-state index < -0.39 is 0 Å². The van der Waals surface area contributed by atoms with Crippen LogP contribution in [-0.2, 0) is 11.3 Å². The zero-order valence-corrected chi connectivity index (χ0v) is 11.2. The van der Waals surface area contributed by atoms with Crippen molar-refractivity contribution in [1.29, 1.82) is 0 Å². The lowest BCUT2D eigenvalue weighted by Gasteiger charge is -2.55. The largest absolute Gasteiger partial charge is 0.380 e. The first kappa shape index (κ1) is 11.0. The standard InChI is InChI=1S/C12H13BrClNO/c13-10-2-1-9(3-11(10)14)4-15-5-12(6-15)7-16-8-12/h1-3H,4-8H2. The van der Waals surface area contributed by atoms with Crippen molar-refractivity contribution in [1.82, 2.24) is 4.90 Å². The van der Waals surface area contributed by atoms with Gasteiger partial charge in [0, 0.05) is 29.5 Å². The molecule has 0 bridgehead atoms. The number of benzene rings is 1. The van der Waals surface area contributed by atoms with Crippen LogP contribution in [0.3, 0.4) is 0 Å². The molecule has 2 nitrogen and oxygen atoms in total. The monoisotopic (exact) mass is 301 g/mol. The Bertz CT molecular complexity index is 411. The molecule has 0 radical (unpaired) electrons. The summed E-state index contributed by atoms with van der Waals surface area (Å²) in [5, 5.41) is 0.791. The Labute approximate surface area is 109 Å². The minimum atomic E-state index is 0.499. The van der Waals surface area contributed by atoms with Crippen LogP contribution >= 0.6 is 27.5 Å². The van der Waals surface area contributed by atoms with E-state index in [2.05, 4.69) is 26.9 Å². The van der Waals surface area contributed by atoms with Crippen molar-refractivity contribution in [3.05, 3.63) is 33.3 Å². The summed E-state index contributed by atoms with van der Waals surface area (Å²) in [7, 11) is 0. The van der Waals surface area contributed by atoms with E-state index in [9.17, 15) is 0 Å². The van der Waals surface area contributed by atoms with Gasteiger partial charge in [-0.3, -0.25) is 4.90 Å². The lowest BCUT2D eigenvalue weighted by Crippen LogP contribution is -2.65. The van der Waals surface area contributed by atoms with Crippen molar-refractivity contribution < 1.29 is 4.74 Å². The van der Waals surface area contributed by atoms with Crippen molar-refractivity contribution in [3.63, 3.8) is 0 Å². The van der Waals surface area contributed by atoms with Gasteiger partial charge in [0.1, 0.15) is 0 Å². The second-order valence-electron chi connectivity index (χ2n) is 4.89. The Morgan fingerprint density at radius 2 is 2.12 bits per heavy atom. The van der Waals surface area contributed by atoms with Crippen LogP contribution in [0.5, 0.6) is 0 Å². The molecule has 0 atom stereocenters. The molecule has 4 heteroatoms. The highest BCUT2D eigenvalue weighted by Crippen LogP contribution is 2.38. The minimum Gasteiger partial charge on any atom is -0.380 e. The third kappa shape index (κ3) is 1.90. The molecule has 0 unspecified atom stereocenters. The van der Waals surface area contributed by atoms with Gasteiger partial charge in [0.15, 0.2) is 0 Å². The number of ether oxygens (including phenoxy) is 1. The normalized spacial score (nSPS) is 22.9. The first-order chi connectivity index (χ1) is 7.67. The molecule has 1 aromatic rings. The Balaban J connectivity index is 1.60. The molecule has 0 aliphatic carbocycles. The van der Waals surface area contributed by atoms with E-state index in [1.165, 1.54) is 18.7 Å². The van der Waals surface area contributed by atoms with E-state index in [1.54, 1.807) is 0 Å². The van der Waals surface area contributed by atoms with Crippen LogP contribution < -0.4 is 0 Å². The van der Waals surface area contributed by atoms with Gasteiger partial charge >= 0.3 is 0 Å². The van der Waals surface area contributed by atoms with Gasteiger partial charge in [-0.05, 0) is 33.6 Å². The van der Waals surface area contributed by atoms with Crippen molar-refractivity contribution in [3.8, 4) is 0 Å². The molecule has 3 rings (SSSR count). The fourth-order valence-corrected chi connectivity index (χ4v) is 2.93. The number of hydrogen-bond acceptors (Lipinski definition) is 2. The SMILES string of the molecule is Clc1cc(CN2CC3(COC3)C2)ccc1Br. The van der Waals surface area contributed by atoms with Gasteiger partial charge in [-0.1, -0.05) is 17.7 Å². The van der Waals surface area contributed by atoms with Gasteiger partial charge in [-0.2, -0.15) is 0 Å². The van der Waals surface area contributed by atoms with Crippen LogP contribution in [0.25, 0.3) is 0 Å². The summed E-state index contributed by atoms with van der Waals surface area (Å²) >= 11 is 9.47. The molecule has 0 N–H and O–H groups in total. The molecular weight excluding hydrogens is 289 g/mol. The third-order valence-corrected chi connectivity index (χ3v) is 4.56. The molecule has 2 heterocycles. The smallest absolute Gasteiger partial charge is 0.0569 e. The topological polar surface area (TPSA) is 12.5 Å². The number of rotatable bonds is 2. The lowest BCUT2D eigenvalue weighted by atomic mass is 9.78. The van der Waals surface area contributed by atoms with Crippen molar-refractivity contribution >= 4 is 27.5 Å². The summed E-state index contributed by atoms with van der Waals surface area (Å²) < 4.78 is 6.22. The lowest BCUT2D eigenvalue weighted by molar-refractivity contribution is -0.191. The number of halogens is 2. The van der Waals surface area contributed by atoms with Gasteiger partial charge in [-0.25, -0.2) is 0 Å². The summed E-state index contributed by atoms with van der Waals surface area (Å²) in [5.41, 5.74) is 1.78. The zero-order valence-electron chi connectivity index (χ0n) is 8.88. The second kappa shape index (κ2) is 3.98. The molecule has 2 aliphatic heterocycles. The maximum absolute atomic E-state index is 6.07. The summed E-state index contributed by atoms with van der Waals surface area (Å²) in [6, 6.07) is 6.17. The number of likely N-dealkylation sites (tertiary alicyclic amines) is 1. The molecule has 16 heavy (non-hydrogen) atoms. The molecule has 0 amide bonds. The van der Waals surface area contributed by atoms with E-state index in [4.69, 9.17) is 16.3 Å².